The molecule has 0 fully saturated rings. The van der Waals surface area contributed by atoms with Gasteiger partial charge in [0, 0.05) is 11.4 Å². The Morgan fingerprint density at radius 3 is 2.20 bits per heavy atom. The van der Waals surface area contributed by atoms with Gasteiger partial charge in [-0.2, -0.15) is 0 Å². The normalized spacial score (nSPS) is 10.3. The standard InChI is InChI=1S/C15H16O4S/c1-10-5-11(2)7-12(6-10)18-3-4-19-13-8-14(15(16)17)20-9-13/h5-9H,3-4H2,1-2H3,(H,16,17). The van der Waals surface area contributed by atoms with Gasteiger partial charge in [-0.3, -0.25) is 0 Å². The minimum atomic E-state index is -0.934. The van der Waals surface area contributed by atoms with Gasteiger partial charge in [0.05, 0.1) is 0 Å². The molecule has 1 aromatic heterocycles. The van der Waals surface area contributed by atoms with Gasteiger partial charge in [0.1, 0.15) is 29.6 Å². The van der Waals surface area contributed by atoms with Gasteiger partial charge in [-0.05, 0) is 37.1 Å². The van der Waals surface area contributed by atoms with Gasteiger partial charge in [-0.25, -0.2) is 4.79 Å². The van der Waals surface area contributed by atoms with E-state index in [1.54, 1.807) is 5.38 Å². The monoisotopic (exact) mass is 292 g/mol. The molecule has 0 amide bonds. The summed E-state index contributed by atoms with van der Waals surface area (Å²) in [7, 11) is 0. The maximum atomic E-state index is 10.7. The zero-order valence-corrected chi connectivity index (χ0v) is 12.2. The van der Waals surface area contributed by atoms with Gasteiger partial charge < -0.3 is 14.6 Å². The van der Waals surface area contributed by atoms with E-state index in [-0.39, 0.29) is 4.88 Å². The topological polar surface area (TPSA) is 55.8 Å². The molecule has 0 saturated carbocycles. The molecule has 1 aromatic carbocycles. The Labute approximate surface area is 121 Å². The van der Waals surface area contributed by atoms with Crippen molar-refractivity contribution in [3.8, 4) is 11.5 Å². The number of hydrogen-bond acceptors (Lipinski definition) is 4. The molecule has 0 bridgehead atoms. The molecule has 0 atom stereocenters. The third kappa shape index (κ3) is 3.99. The average Bonchev–Trinajstić information content (AvgIpc) is 2.82. The van der Waals surface area contributed by atoms with Crippen molar-refractivity contribution in [1.29, 1.82) is 0 Å². The molecule has 4 nitrogen and oxygen atoms in total. The maximum Gasteiger partial charge on any atom is 0.346 e. The van der Waals surface area contributed by atoms with Crippen LogP contribution in [0.15, 0.2) is 29.6 Å². The van der Waals surface area contributed by atoms with Crippen LogP contribution in [0.4, 0.5) is 0 Å². The highest BCUT2D eigenvalue weighted by Gasteiger charge is 2.07. The Morgan fingerprint density at radius 2 is 1.65 bits per heavy atom. The van der Waals surface area contributed by atoms with Crippen molar-refractivity contribution in [3.05, 3.63) is 45.6 Å². The first-order valence-electron chi connectivity index (χ1n) is 6.20. The van der Waals surface area contributed by atoms with Crippen molar-refractivity contribution >= 4 is 17.3 Å². The van der Waals surface area contributed by atoms with Crippen LogP contribution in [-0.2, 0) is 0 Å². The number of aryl methyl sites for hydroxylation is 2. The quantitative estimate of drug-likeness (QED) is 0.828. The van der Waals surface area contributed by atoms with Crippen LogP contribution in [0.1, 0.15) is 20.8 Å². The molecule has 20 heavy (non-hydrogen) atoms. The molecular formula is C15H16O4S. The lowest BCUT2D eigenvalue weighted by Crippen LogP contribution is -2.08. The smallest absolute Gasteiger partial charge is 0.346 e. The van der Waals surface area contributed by atoms with Gasteiger partial charge in [0.15, 0.2) is 0 Å². The second-order valence-electron chi connectivity index (χ2n) is 4.47. The van der Waals surface area contributed by atoms with Crippen molar-refractivity contribution in [2.45, 2.75) is 13.8 Å². The molecule has 0 spiro atoms. The Kier molecular flexibility index (Phi) is 4.63. The van der Waals surface area contributed by atoms with E-state index < -0.39 is 5.97 Å². The van der Waals surface area contributed by atoms with Crippen LogP contribution < -0.4 is 9.47 Å². The third-order valence-corrected chi connectivity index (χ3v) is 3.50. The number of carboxylic acid groups (broad SMARTS) is 1. The number of carbonyl (C=O) groups is 1. The average molecular weight is 292 g/mol. The number of carboxylic acids is 1. The summed E-state index contributed by atoms with van der Waals surface area (Å²) < 4.78 is 11.0. The number of rotatable bonds is 6. The number of aromatic carboxylic acids is 1. The minimum Gasteiger partial charge on any atom is -0.490 e. The first kappa shape index (κ1) is 14.4. The SMILES string of the molecule is Cc1cc(C)cc(OCCOc2csc(C(=O)O)c2)c1. The predicted octanol–water partition coefficient (Wildman–Crippen LogP) is 3.52. The highest BCUT2D eigenvalue weighted by atomic mass is 32.1. The molecule has 0 aliphatic rings. The maximum absolute atomic E-state index is 10.7. The highest BCUT2D eigenvalue weighted by molar-refractivity contribution is 7.12. The highest BCUT2D eigenvalue weighted by Crippen LogP contribution is 2.21. The molecule has 0 unspecified atom stereocenters. The van der Waals surface area contributed by atoms with E-state index in [2.05, 4.69) is 6.07 Å². The molecule has 0 saturated heterocycles. The van der Waals surface area contributed by atoms with Crippen molar-refractivity contribution in [1.82, 2.24) is 0 Å². The van der Waals surface area contributed by atoms with E-state index >= 15 is 0 Å². The molecule has 5 heteroatoms. The lowest BCUT2D eigenvalue weighted by molar-refractivity contribution is 0.0702. The van der Waals surface area contributed by atoms with Crippen LogP contribution in [0.25, 0.3) is 0 Å². The van der Waals surface area contributed by atoms with Crippen LogP contribution in [0.5, 0.6) is 11.5 Å². The minimum absolute atomic E-state index is 0.273. The Hall–Kier alpha value is -2.01. The summed E-state index contributed by atoms with van der Waals surface area (Å²) in [4.78, 5) is 11.0. The summed E-state index contributed by atoms with van der Waals surface area (Å²) in [5, 5.41) is 10.5. The van der Waals surface area contributed by atoms with Crippen LogP contribution in [0.2, 0.25) is 0 Å². The molecule has 0 radical (unpaired) electrons. The van der Waals surface area contributed by atoms with Crippen LogP contribution in [-0.4, -0.2) is 24.3 Å². The fourth-order valence-corrected chi connectivity index (χ4v) is 2.51. The van der Waals surface area contributed by atoms with Gasteiger partial charge in [0.25, 0.3) is 0 Å². The predicted molar refractivity (Wildman–Crippen MR) is 78.2 cm³/mol. The van der Waals surface area contributed by atoms with E-state index in [0.717, 1.165) is 28.2 Å². The number of ether oxygens (including phenoxy) is 2. The fourth-order valence-electron chi connectivity index (χ4n) is 1.84. The van der Waals surface area contributed by atoms with Crippen molar-refractivity contribution < 1.29 is 19.4 Å². The Bertz CT molecular complexity index is 583. The van der Waals surface area contributed by atoms with Crippen molar-refractivity contribution in [2.75, 3.05) is 13.2 Å². The van der Waals surface area contributed by atoms with Gasteiger partial charge >= 0.3 is 5.97 Å². The van der Waals surface area contributed by atoms with E-state index in [1.165, 1.54) is 6.07 Å². The van der Waals surface area contributed by atoms with Gasteiger partial charge in [0.2, 0.25) is 0 Å². The number of hydrogen-bond donors (Lipinski definition) is 1. The molecule has 2 aromatic rings. The molecule has 0 aliphatic carbocycles. The summed E-state index contributed by atoms with van der Waals surface area (Å²) in [5.74, 6) is 0.454. The molecule has 0 aliphatic heterocycles. The largest absolute Gasteiger partial charge is 0.490 e. The molecule has 2 rings (SSSR count). The van der Waals surface area contributed by atoms with Crippen LogP contribution in [0.3, 0.4) is 0 Å². The van der Waals surface area contributed by atoms with Gasteiger partial charge in [-0.1, -0.05) is 6.07 Å². The van der Waals surface area contributed by atoms with Gasteiger partial charge in [-0.15, -0.1) is 11.3 Å². The van der Waals surface area contributed by atoms with E-state index in [9.17, 15) is 4.79 Å². The second kappa shape index (κ2) is 6.43. The second-order valence-corrected chi connectivity index (χ2v) is 5.38. The third-order valence-electron chi connectivity index (χ3n) is 2.60. The lowest BCUT2D eigenvalue weighted by Gasteiger charge is -2.08. The lowest BCUT2D eigenvalue weighted by atomic mass is 10.1. The van der Waals surface area contributed by atoms with E-state index in [1.807, 2.05) is 26.0 Å². The first-order valence-corrected chi connectivity index (χ1v) is 7.08. The van der Waals surface area contributed by atoms with Crippen molar-refractivity contribution in [3.63, 3.8) is 0 Å². The Balaban J connectivity index is 1.79. The summed E-state index contributed by atoms with van der Waals surface area (Å²) in [5.41, 5.74) is 2.31. The van der Waals surface area contributed by atoms with E-state index in [4.69, 9.17) is 14.6 Å². The van der Waals surface area contributed by atoms with Crippen LogP contribution >= 0.6 is 11.3 Å². The van der Waals surface area contributed by atoms with Crippen LogP contribution in [0, 0.1) is 13.8 Å². The zero-order valence-electron chi connectivity index (χ0n) is 11.4. The number of benzene rings is 1. The summed E-state index contributed by atoms with van der Waals surface area (Å²) in [6.07, 6.45) is 0. The molecule has 106 valence electrons. The Morgan fingerprint density at radius 1 is 1.05 bits per heavy atom. The van der Waals surface area contributed by atoms with E-state index in [0.29, 0.717) is 19.0 Å². The summed E-state index contributed by atoms with van der Waals surface area (Å²) in [6.45, 7) is 4.84. The summed E-state index contributed by atoms with van der Waals surface area (Å²) in [6, 6.07) is 7.55. The number of thiophene rings is 1. The fraction of sp³-hybridized carbons (Fsp3) is 0.267. The zero-order chi connectivity index (χ0) is 14.5. The molecule has 1 N–H and O–H groups in total. The summed E-state index contributed by atoms with van der Waals surface area (Å²) >= 11 is 1.15. The first-order chi connectivity index (χ1) is 9.54. The molecular weight excluding hydrogens is 276 g/mol. The van der Waals surface area contributed by atoms with Crippen molar-refractivity contribution in [2.24, 2.45) is 0 Å². The molecule has 1 heterocycles.